The van der Waals surface area contributed by atoms with E-state index in [0.717, 1.165) is 22.0 Å². The molecule has 4 nitrogen and oxygen atoms in total. The average Bonchev–Trinajstić information content (AvgIpc) is 2.77. The van der Waals surface area contributed by atoms with Crippen molar-refractivity contribution in [3.8, 4) is 0 Å². The number of nitrogens with zero attached hydrogens (tertiary/aromatic N) is 1. The minimum atomic E-state index is -0.0505. The van der Waals surface area contributed by atoms with Crippen molar-refractivity contribution in [2.24, 2.45) is 0 Å². The molecule has 2 rings (SSSR count). The van der Waals surface area contributed by atoms with Gasteiger partial charge in [0.15, 0.2) is 5.82 Å². The van der Waals surface area contributed by atoms with Gasteiger partial charge in [-0.05, 0) is 24.6 Å². The van der Waals surface area contributed by atoms with Gasteiger partial charge < -0.3 is 5.32 Å². The number of H-pyrrole nitrogens is 1. The van der Waals surface area contributed by atoms with E-state index in [2.05, 4.69) is 15.5 Å². The van der Waals surface area contributed by atoms with E-state index < -0.39 is 0 Å². The van der Waals surface area contributed by atoms with E-state index in [1.54, 1.807) is 17.8 Å². The van der Waals surface area contributed by atoms with Crippen LogP contribution in [0.1, 0.15) is 11.3 Å². The number of hydrogen-bond donors (Lipinski definition) is 2. The summed E-state index contributed by atoms with van der Waals surface area (Å²) in [5, 5.41) is 10.2. The number of anilines is 1. The molecule has 100 valence electrons. The summed E-state index contributed by atoms with van der Waals surface area (Å²) < 4.78 is 0. The zero-order chi connectivity index (χ0) is 13.7. The monoisotopic (exact) mass is 295 g/mol. The zero-order valence-electron chi connectivity index (χ0n) is 10.4. The number of carbonyl (C=O) groups excluding carboxylic acids is 1. The van der Waals surface area contributed by atoms with Gasteiger partial charge in [0.05, 0.1) is 5.75 Å². The molecule has 0 atom stereocenters. The Morgan fingerprint density at radius 3 is 2.79 bits per heavy atom. The van der Waals surface area contributed by atoms with Gasteiger partial charge in [0.25, 0.3) is 0 Å². The van der Waals surface area contributed by atoms with Gasteiger partial charge in [-0.1, -0.05) is 23.7 Å². The Balaban J connectivity index is 1.73. The summed E-state index contributed by atoms with van der Waals surface area (Å²) in [5.41, 5.74) is 2.07. The number of aromatic nitrogens is 2. The van der Waals surface area contributed by atoms with E-state index >= 15 is 0 Å². The first-order chi connectivity index (χ1) is 9.13. The lowest BCUT2D eigenvalue weighted by molar-refractivity contribution is -0.113. The van der Waals surface area contributed by atoms with E-state index in [1.807, 2.05) is 31.2 Å². The molecule has 0 unspecified atom stereocenters. The lowest BCUT2D eigenvalue weighted by atomic mass is 10.2. The van der Waals surface area contributed by atoms with Crippen LogP contribution < -0.4 is 5.32 Å². The largest absolute Gasteiger partial charge is 0.308 e. The first-order valence-electron chi connectivity index (χ1n) is 5.77. The lowest BCUT2D eigenvalue weighted by Gasteiger charge is -2.02. The van der Waals surface area contributed by atoms with E-state index in [0.29, 0.717) is 11.6 Å². The van der Waals surface area contributed by atoms with Gasteiger partial charge in [-0.2, -0.15) is 5.10 Å². The van der Waals surface area contributed by atoms with Crippen LogP contribution in [0.15, 0.2) is 30.3 Å². The molecule has 2 aromatic rings. The SMILES string of the molecule is Cc1cc(NC(=O)CSCc2ccc(Cl)cc2)n[nH]1. The second-order valence-corrected chi connectivity index (χ2v) is 5.53. The van der Waals surface area contributed by atoms with Gasteiger partial charge in [0.1, 0.15) is 0 Å². The molecule has 0 saturated heterocycles. The summed E-state index contributed by atoms with van der Waals surface area (Å²) in [6.45, 7) is 1.89. The van der Waals surface area contributed by atoms with Crippen LogP contribution in [-0.2, 0) is 10.5 Å². The Labute approximate surface area is 120 Å². The Bertz CT molecular complexity index is 553. The highest BCUT2D eigenvalue weighted by molar-refractivity contribution is 7.99. The maximum atomic E-state index is 11.7. The van der Waals surface area contributed by atoms with E-state index in [-0.39, 0.29) is 5.91 Å². The maximum absolute atomic E-state index is 11.7. The summed E-state index contributed by atoms with van der Waals surface area (Å²) in [6.07, 6.45) is 0. The summed E-state index contributed by atoms with van der Waals surface area (Å²) in [6, 6.07) is 9.42. The number of aryl methyl sites for hydroxylation is 1. The predicted octanol–water partition coefficient (Wildman–Crippen LogP) is 3.24. The number of halogens is 1. The molecule has 2 N–H and O–H groups in total. The third-order valence-electron chi connectivity index (χ3n) is 2.39. The molecule has 0 aliphatic heterocycles. The molecule has 1 heterocycles. The van der Waals surface area contributed by atoms with Crippen molar-refractivity contribution < 1.29 is 4.79 Å². The van der Waals surface area contributed by atoms with Crippen LogP contribution in [0.25, 0.3) is 0 Å². The van der Waals surface area contributed by atoms with Crippen LogP contribution in [0.3, 0.4) is 0 Å². The van der Waals surface area contributed by atoms with Crippen molar-refractivity contribution in [1.29, 1.82) is 0 Å². The minimum absolute atomic E-state index is 0.0505. The van der Waals surface area contributed by atoms with Gasteiger partial charge in [-0.3, -0.25) is 9.89 Å². The number of rotatable bonds is 5. The van der Waals surface area contributed by atoms with Crippen molar-refractivity contribution in [2.75, 3.05) is 11.1 Å². The summed E-state index contributed by atoms with van der Waals surface area (Å²) in [4.78, 5) is 11.7. The summed E-state index contributed by atoms with van der Waals surface area (Å²) in [7, 11) is 0. The Kier molecular flexibility index (Phi) is 4.87. The second kappa shape index (κ2) is 6.63. The fourth-order valence-corrected chi connectivity index (χ4v) is 2.42. The number of amides is 1. The molecule has 0 spiro atoms. The van der Waals surface area contributed by atoms with E-state index in [9.17, 15) is 4.79 Å². The molecule has 1 aromatic heterocycles. The molecule has 0 saturated carbocycles. The van der Waals surface area contributed by atoms with Gasteiger partial charge in [0.2, 0.25) is 5.91 Å². The van der Waals surface area contributed by atoms with Gasteiger partial charge in [-0.25, -0.2) is 0 Å². The van der Waals surface area contributed by atoms with Crippen molar-refractivity contribution in [1.82, 2.24) is 10.2 Å². The average molecular weight is 296 g/mol. The molecular weight excluding hydrogens is 282 g/mol. The lowest BCUT2D eigenvalue weighted by Crippen LogP contribution is -2.14. The van der Waals surface area contributed by atoms with E-state index in [4.69, 9.17) is 11.6 Å². The molecule has 0 bridgehead atoms. The molecule has 0 aliphatic rings. The highest BCUT2D eigenvalue weighted by Crippen LogP contribution is 2.15. The first-order valence-corrected chi connectivity index (χ1v) is 7.31. The number of carbonyl (C=O) groups is 1. The standard InChI is InChI=1S/C13H14ClN3OS/c1-9-6-12(17-16-9)15-13(18)8-19-7-10-2-4-11(14)5-3-10/h2-6H,7-8H2,1H3,(H2,15,16,17,18). The molecule has 19 heavy (non-hydrogen) atoms. The van der Waals surface area contributed by atoms with Crippen molar-refractivity contribution >= 4 is 35.1 Å². The van der Waals surface area contributed by atoms with Crippen LogP contribution in [-0.4, -0.2) is 21.9 Å². The number of benzene rings is 1. The second-order valence-electron chi connectivity index (χ2n) is 4.10. The molecule has 0 fully saturated rings. The molecule has 1 amide bonds. The van der Waals surface area contributed by atoms with Crippen molar-refractivity contribution in [2.45, 2.75) is 12.7 Å². The third kappa shape index (κ3) is 4.61. The Morgan fingerprint density at radius 2 is 2.16 bits per heavy atom. The van der Waals surface area contributed by atoms with Crippen LogP contribution in [0, 0.1) is 6.92 Å². The van der Waals surface area contributed by atoms with Gasteiger partial charge in [-0.15, -0.1) is 11.8 Å². The number of aromatic amines is 1. The fraction of sp³-hybridized carbons (Fsp3) is 0.231. The van der Waals surface area contributed by atoms with Gasteiger partial charge >= 0.3 is 0 Å². The molecular formula is C13H14ClN3OS. The molecule has 0 aliphatic carbocycles. The van der Waals surface area contributed by atoms with Crippen LogP contribution >= 0.6 is 23.4 Å². The maximum Gasteiger partial charge on any atom is 0.235 e. The number of hydrogen-bond acceptors (Lipinski definition) is 3. The highest BCUT2D eigenvalue weighted by atomic mass is 35.5. The van der Waals surface area contributed by atoms with E-state index in [1.165, 1.54) is 0 Å². The third-order valence-corrected chi connectivity index (χ3v) is 3.64. The molecule has 1 aromatic carbocycles. The molecule has 6 heteroatoms. The number of nitrogens with one attached hydrogen (secondary N) is 2. The number of thioether (sulfide) groups is 1. The summed E-state index contributed by atoms with van der Waals surface area (Å²) >= 11 is 7.36. The van der Waals surface area contributed by atoms with Crippen LogP contribution in [0.4, 0.5) is 5.82 Å². The topological polar surface area (TPSA) is 57.8 Å². The minimum Gasteiger partial charge on any atom is -0.308 e. The van der Waals surface area contributed by atoms with Gasteiger partial charge in [0, 0.05) is 22.5 Å². The molecule has 0 radical (unpaired) electrons. The van der Waals surface area contributed by atoms with Crippen molar-refractivity contribution in [3.05, 3.63) is 46.6 Å². The zero-order valence-corrected chi connectivity index (χ0v) is 12.0. The van der Waals surface area contributed by atoms with Crippen LogP contribution in [0.2, 0.25) is 5.02 Å². The van der Waals surface area contributed by atoms with Crippen molar-refractivity contribution in [3.63, 3.8) is 0 Å². The van der Waals surface area contributed by atoms with Crippen LogP contribution in [0.5, 0.6) is 0 Å². The Hall–Kier alpha value is -1.46. The predicted molar refractivity (Wildman–Crippen MR) is 79.6 cm³/mol. The fourth-order valence-electron chi connectivity index (χ4n) is 1.50. The Morgan fingerprint density at radius 1 is 1.42 bits per heavy atom. The quantitative estimate of drug-likeness (QED) is 0.890. The smallest absolute Gasteiger partial charge is 0.235 e. The highest BCUT2D eigenvalue weighted by Gasteiger charge is 2.05. The normalized spacial score (nSPS) is 10.4. The first kappa shape index (κ1) is 14.0. The summed E-state index contributed by atoms with van der Waals surface area (Å²) in [5.74, 6) is 1.69.